The van der Waals surface area contributed by atoms with Crippen molar-refractivity contribution in [3.8, 4) is 6.07 Å². The second-order valence-electron chi connectivity index (χ2n) is 5.90. The predicted molar refractivity (Wildman–Crippen MR) is 67.7 cm³/mol. The Bertz CT molecular complexity index is 508. The minimum Gasteiger partial charge on any atom is -0.310 e. The van der Waals surface area contributed by atoms with Crippen molar-refractivity contribution in [1.82, 2.24) is 5.32 Å². The lowest BCUT2D eigenvalue weighted by atomic mass is 9.59. The van der Waals surface area contributed by atoms with Crippen molar-refractivity contribution in [2.75, 3.05) is 6.54 Å². The topological polar surface area (TPSA) is 35.8 Å². The molecule has 2 aliphatic rings. The molecule has 0 amide bonds. The Labute approximate surface area is 111 Å². The third-order valence-corrected chi connectivity index (χ3v) is 4.39. The van der Waals surface area contributed by atoms with Gasteiger partial charge in [-0.1, -0.05) is 12.1 Å². The van der Waals surface area contributed by atoms with Gasteiger partial charge >= 0.3 is 0 Å². The monoisotopic (exact) mass is 262 g/mol. The van der Waals surface area contributed by atoms with Gasteiger partial charge in [-0.25, -0.2) is 8.78 Å². The number of halogens is 2. The molecule has 1 aliphatic heterocycles. The molecule has 100 valence electrons. The first-order chi connectivity index (χ1) is 9.02. The van der Waals surface area contributed by atoms with Crippen molar-refractivity contribution < 1.29 is 8.78 Å². The SMILES string of the molecule is N#Cc1ccc([C@@H]2CC3(CCN2)CC(F)(F)C3)cc1. The fraction of sp³-hybridized carbons (Fsp3) is 0.533. The molecule has 1 aliphatic carbocycles. The lowest BCUT2D eigenvalue weighted by molar-refractivity contribution is -0.174. The van der Waals surface area contributed by atoms with Crippen LogP contribution in [0.25, 0.3) is 0 Å². The van der Waals surface area contributed by atoms with E-state index in [1.54, 1.807) is 12.1 Å². The lowest BCUT2D eigenvalue weighted by Gasteiger charge is -2.52. The van der Waals surface area contributed by atoms with Gasteiger partial charge < -0.3 is 5.32 Å². The minimum atomic E-state index is -2.45. The van der Waals surface area contributed by atoms with Crippen LogP contribution in [0.5, 0.6) is 0 Å². The fourth-order valence-electron chi connectivity index (χ4n) is 3.51. The van der Waals surface area contributed by atoms with E-state index in [4.69, 9.17) is 5.26 Å². The summed E-state index contributed by atoms with van der Waals surface area (Å²) in [4.78, 5) is 0. The van der Waals surface area contributed by atoms with Crippen LogP contribution >= 0.6 is 0 Å². The van der Waals surface area contributed by atoms with Crippen LogP contribution < -0.4 is 5.32 Å². The Balaban J connectivity index is 1.73. The molecular weight excluding hydrogens is 246 g/mol. The Hall–Kier alpha value is -1.47. The molecule has 2 fully saturated rings. The zero-order valence-corrected chi connectivity index (χ0v) is 10.6. The lowest BCUT2D eigenvalue weighted by Crippen LogP contribution is -2.52. The Kier molecular flexibility index (Phi) is 2.83. The molecule has 1 atom stereocenters. The van der Waals surface area contributed by atoms with Crippen LogP contribution in [0.3, 0.4) is 0 Å². The maximum absolute atomic E-state index is 13.1. The van der Waals surface area contributed by atoms with Gasteiger partial charge in [-0.05, 0) is 42.5 Å². The summed E-state index contributed by atoms with van der Waals surface area (Å²) in [5.41, 5.74) is 1.55. The first-order valence-electron chi connectivity index (χ1n) is 6.63. The summed E-state index contributed by atoms with van der Waals surface area (Å²) < 4.78 is 26.3. The molecule has 1 spiro atoms. The molecule has 2 nitrogen and oxygen atoms in total. The number of nitrogens with zero attached hydrogens (tertiary/aromatic N) is 1. The van der Waals surface area contributed by atoms with Gasteiger partial charge in [0, 0.05) is 18.9 Å². The molecule has 3 rings (SSSR count). The maximum atomic E-state index is 13.1. The van der Waals surface area contributed by atoms with Gasteiger partial charge in [0.1, 0.15) is 0 Å². The van der Waals surface area contributed by atoms with E-state index in [0.717, 1.165) is 24.9 Å². The molecule has 1 saturated heterocycles. The van der Waals surface area contributed by atoms with Gasteiger partial charge in [-0.2, -0.15) is 5.26 Å². The standard InChI is InChI=1S/C15H16F2N2/c16-15(17)9-14(10-15)5-6-19-13(7-14)12-3-1-11(8-18)2-4-12/h1-4,13,19H,5-7,9-10H2/t13-/m0/s1. The summed E-state index contributed by atoms with van der Waals surface area (Å²) in [5, 5.41) is 12.2. The fourth-order valence-corrected chi connectivity index (χ4v) is 3.51. The van der Waals surface area contributed by atoms with E-state index in [0.29, 0.717) is 5.56 Å². The summed E-state index contributed by atoms with van der Waals surface area (Å²) in [6.45, 7) is 0.792. The molecule has 1 saturated carbocycles. The predicted octanol–water partition coefficient (Wildman–Crippen LogP) is 3.40. The Morgan fingerprint density at radius 1 is 1.21 bits per heavy atom. The number of nitriles is 1. The van der Waals surface area contributed by atoms with Gasteiger partial charge in [0.25, 0.3) is 0 Å². The first-order valence-corrected chi connectivity index (χ1v) is 6.63. The molecule has 1 aromatic carbocycles. The summed E-state index contributed by atoms with van der Waals surface area (Å²) in [5.74, 6) is -2.45. The van der Waals surface area contributed by atoms with Crippen molar-refractivity contribution in [3.63, 3.8) is 0 Å². The van der Waals surface area contributed by atoms with Crippen LogP contribution in [0.4, 0.5) is 8.78 Å². The number of piperidine rings is 1. The van der Waals surface area contributed by atoms with Crippen LogP contribution in [0, 0.1) is 16.7 Å². The molecule has 19 heavy (non-hydrogen) atoms. The van der Waals surface area contributed by atoms with E-state index in [2.05, 4.69) is 11.4 Å². The van der Waals surface area contributed by atoms with Crippen molar-refractivity contribution in [2.45, 2.75) is 37.6 Å². The van der Waals surface area contributed by atoms with Crippen LogP contribution in [0.1, 0.15) is 42.9 Å². The highest BCUT2D eigenvalue weighted by Gasteiger charge is 2.57. The first kappa shape index (κ1) is 12.6. The van der Waals surface area contributed by atoms with Crippen LogP contribution in [0.2, 0.25) is 0 Å². The summed E-state index contributed by atoms with van der Waals surface area (Å²) in [6, 6.07) is 9.64. The van der Waals surface area contributed by atoms with E-state index in [1.165, 1.54) is 0 Å². The number of hydrogen-bond acceptors (Lipinski definition) is 2. The van der Waals surface area contributed by atoms with Crippen LogP contribution in [-0.4, -0.2) is 12.5 Å². The maximum Gasteiger partial charge on any atom is 0.249 e. The number of alkyl halides is 2. The van der Waals surface area contributed by atoms with Gasteiger partial charge in [0.2, 0.25) is 5.92 Å². The van der Waals surface area contributed by atoms with Crippen LogP contribution in [0.15, 0.2) is 24.3 Å². The zero-order chi connectivity index (χ0) is 13.5. The van der Waals surface area contributed by atoms with Crippen molar-refractivity contribution in [2.24, 2.45) is 5.41 Å². The summed E-state index contributed by atoms with van der Waals surface area (Å²) in [7, 11) is 0. The van der Waals surface area contributed by atoms with E-state index >= 15 is 0 Å². The number of nitrogens with one attached hydrogen (secondary N) is 1. The van der Waals surface area contributed by atoms with E-state index < -0.39 is 5.92 Å². The largest absolute Gasteiger partial charge is 0.310 e. The molecule has 0 aromatic heterocycles. The molecule has 1 aromatic rings. The van der Waals surface area contributed by atoms with Crippen LogP contribution in [-0.2, 0) is 0 Å². The second kappa shape index (κ2) is 4.28. The number of rotatable bonds is 1. The average Bonchev–Trinajstić information content (AvgIpc) is 2.37. The van der Waals surface area contributed by atoms with Gasteiger partial charge in [0.05, 0.1) is 11.6 Å². The molecule has 0 unspecified atom stereocenters. The highest BCUT2D eigenvalue weighted by Crippen LogP contribution is 2.58. The average molecular weight is 262 g/mol. The van der Waals surface area contributed by atoms with Crippen molar-refractivity contribution in [1.29, 1.82) is 5.26 Å². The smallest absolute Gasteiger partial charge is 0.249 e. The molecular formula is C15H16F2N2. The highest BCUT2D eigenvalue weighted by molar-refractivity contribution is 5.33. The molecule has 1 N–H and O–H groups in total. The number of benzene rings is 1. The molecule has 0 bridgehead atoms. The second-order valence-corrected chi connectivity index (χ2v) is 5.90. The molecule has 1 heterocycles. The van der Waals surface area contributed by atoms with Gasteiger partial charge in [0.15, 0.2) is 0 Å². The van der Waals surface area contributed by atoms with E-state index in [-0.39, 0.29) is 24.3 Å². The normalized spacial score (nSPS) is 27.5. The third-order valence-electron chi connectivity index (χ3n) is 4.39. The van der Waals surface area contributed by atoms with Crippen molar-refractivity contribution in [3.05, 3.63) is 35.4 Å². The Morgan fingerprint density at radius 3 is 2.47 bits per heavy atom. The molecule has 0 radical (unpaired) electrons. The minimum absolute atomic E-state index is 0.0362. The summed E-state index contributed by atoms with van der Waals surface area (Å²) >= 11 is 0. The van der Waals surface area contributed by atoms with Gasteiger partial charge in [-0.3, -0.25) is 0 Å². The zero-order valence-electron chi connectivity index (χ0n) is 10.6. The Morgan fingerprint density at radius 2 is 1.89 bits per heavy atom. The van der Waals surface area contributed by atoms with Gasteiger partial charge in [-0.15, -0.1) is 0 Å². The quantitative estimate of drug-likeness (QED) is 0.842. The number of hydrogen-bond donors (Lipinski definition) is 1. The molecule has 4 heteroatoms. The third kappa shape index (κ3) is 2.35. The van der Waals surface area contributed by atoms with Crippen molar-refractivity contribution >= 4 is 0 Å². The highest BCUT2D eigenvalue weighted by atomic mass is 19.3. The van der Waals surface area contributed by atoms with E-state index in [9.17, 15) is 8.78 Å². The summed E-state index contributed by atoms with van der Waals surface area (Å²) in [6.07, 6.45) is 1.69. The van der Waals surface area contributed by atoms with E-state index in [1.807, 2.05) is 12.1 Å².